The Balaban J connectivity index is 2.25. The fourth-order valence-corrected chi connectivity index (χ4v) is 4.24. The average Bonchev–Trinajstić information content (AvgIpc) is 2.77. The maximum Gasteiger partial charge on any atom is 0.329 e. The summed E-state index contributed by atoms with van der Waals surface area (Å²) in [6, 6.07) is 2.48. The summed E-state index contributed by atoms with van der Waals surface area (Å²) in [7, 11) is 0. The summed E-state index contributed by atoms with van der Waals surface area (Å²) in [5.74, 6) is -0.522. The minimum Gasteiger partial charge on any atom is -0.464 e. The van der Waals surface area contributed by atoms with E-state index >= 15 is 0 Å². The maximum absolute atomic E-state index is 12.8. The Morgan fingerprint density at radius 2 is 1.79 bits per heavy atom. The largest absolute Gasteiger partial charge is 0.464 e. The van der Waals surface area contributed by atoms with Crippen molar-refractivity contribution in [3.63, 3.8) is 0 Å². The van der Waals surface area contributed by atoms with Crippen LogP contribution in [0.1, 0.15) is 32.8 Å². The second kappa shape index (κ2) is 7.94. The lowest BCUT2D eigenvalue weighted by Gasteiger charge is -2.28. The third-order valence-electron chi connectivity index (χ3n) is 4.28. The van der Waals surface area contributed by atoms with Crippen LogP contribution in [0.5, 0.6) is 0 Å². The zero-order valence-electron chi connectivity index (χ0n) is 13.8. The summed E-state index contributed by atoms with van der Waals surface area (Å²) in [4.78, 5) is 26.7. The van der Waals surface area contributed by atoms with Gasteiger partial charge < -0.3 is 9.64 Å². The SMILES string of the molecule is CCOC(=O)C1C(C)CC(C)N1C(=O)Cc1c(Cl)cc(Cl)cc1Cl. The first kappa shape index (κ1) is 19.4. The molecule has 1 heterocycles. The smallest absolute Gasteiger partial charge is 0.329 e. The topological polar surface area (TPSA) is 46.6 Å². The van der Waals surface area contributed by atoms with E-state index in [-0.39, 0.29) is 36.9 Å². The number of carbonyl (C=O) groups is 2. The van der Waals surface area contributed by atoms with Crippen molar-refractivity contribution in [3.05, 3.63) is 32.8 Å². The van der Waals surface area contributed by atoms with Crippen molar-refractivity contribution in [1.29, 1.82) is 0 Å². The van der Waals surface area contributed by atoms with Crippen molar-refractivity contribution >= 4 is 46.7 Å². The number of nitrogens with zero attached hydrogens (tertiary/aromatic N) is 1. The molecule has 1 aromatic carbocycles. The van der Waals surface area contributed by atoms with Gasteiger partial charge in [-0.3, -0.25) is 4.79 Å². The summed E-state index contributed by atoms with van der Waals surface area (Å²) in [5.41, 5.74) is 0.516. The third-order valence-corrected chi connectivity index (χ3v) is 5.17. The predicted octanol–water partition coefficient (Wildman–Crippen LogP) is 4.38. The fourth-order valence-electron chi connectivity index (χ4n) is 3.29. The van der Waals surface area contributed by atoms with Crippen molar-refractivity contribution in [2.24, 2.45) is 5.92 Å². The van der Waals surface area contributed by atoms with Crippen LogP contribution in [0.4, 0.5) is 0 Å². The summed E-state index contributed by atoms with van der Waals surface area (Å²) < 4.78 is 5.14. The molecule has 0 spiro atoms. The second-order valence-electron chi connectivity index (χ2n) is 6.08. The summed E-state index contributed by atoms with van der Waals surface area (Å²) >= 11 is 18.2. The minimum atomic E-state index is -0.572. The first-order valence-electron chi connectivity index (χ1n) is 7.87. The molecule has 132 valence electrons. The molecule has 1 saturated heterocycles. The molecular formula is C17H20Cl3NO3. The Labute approximate surface area is 157 Å². The zero-order valence-corrected chi connectivity index (χ0v) is 16.1. The lowest BCUT2D eigenvalue weighted by Crippen LogP contribution is -2.47. The van der Waals surface area contributed by atoms with Gasteiger partial charge in [-0.1, -0.05) is 41.7 Å². The van der Waals surface area contributed by atoms with Crippen molar-refractivity contribution < 1.29 is 14.3 Å². The Hall–Kier alpha value is -0.970. The van der Waals surface area contributed by atoms with Crippen molar-refractivity contribution in [2.75, 3.05) is 6.61 Å². The normalized spacial score (nSPS) is 23.4. The highest BCUT2D eigenvalue weighted by atomic mass is 35.5. The van der Waals surface area contributed by atoms with Crippen molar-refractivity contribution in [1.82, 2.24) is 4.90 Å². The van der Waals surface area contributed by atoms with Crippen LogP contribution in [-0.2, 0) is 20.7 Å². The van der Waals surface area contributed by atoms with Gasteiger partial charge in [0.2, 0.25) is 5.91 Å². The molecule has 0 bridgehead atoms. The number of likely N-dealkylation sites (tertiary alicyclic amines) is 1. The van der Waals surface area contributed by atoms with Crippen LogP contribution in [-0.4, -0.2) is 35.5 Å². The van der Waals surface area contributed by atoms with Gasteiger partial charge in [-0.2, -0.15) is 0 Å². The monoisotopic (exact) mass is 391 g/mol. The van der Waals surface area contributed by atoms with E-state index < -0.39 is 6.04 Å². The molecule has 3 unspecified atom stereocenters. The molecule has 1 fully saturated rings. The lowest BCUT2D eigenvalue weighted by atomic mass is 10.0. The van der Waals surface area contributed by atoms with Gasteiger partial charge in [-0.15, -0.1) is 0 Å². The highest BCUT2D eigenvalue weighted by Gasteiger charge is 2.44. The van der Waals surface area contributed by atoms with Crippen LogP contribution < -0.4 is 0 Å². The van der Waals surface area contributed by atoms with E-state index in [9.17, 15) is 9.59 Å². The van der Waals surface area contributed by atoms with Gasteiger partial charge in [-0.05, 0) is 43.9 Å². The Kier molecular flexibility index (Phi) is 6.40. The van der Waals surface area contributed by atoms with Crippen LogP contribution in [0.25, 0.3) is 0 Å². The van der Waals surface area contributed by atoms with Crippen LogP contribution in [0, 0.1) is 5.92 Å². The molecule has 0 radical (unpaired) electrons. The molecule has 24 heavy (non-hydrogen) atoms. The summed E-state index contributed by atoms with van der Waals surface area (Å²) in [5, 5.41) is 1.09. The molecule has 0 aliphatic carbocycles. The number of rotatable bonds is 4. The summed E-state index contributed by atoms with van der Waals surface area (Å²) in [6.07, 6.45) is 0.763. The molecule has 0 saturated carbocycles. The average molecular weight is 393 g/mol. The van der Waals surface area contributed by atoms with E-state index in [0.717, 1.165) is 6.42 Å². The van der Waals surface area contributed by atoms with Gasteiger partial charge in [0.05, 0.1) is 13.0 Å². The van der Waals surface area contributed by atoms with Crippen LogP contribution in [0.2, 0.25) is 15.1 Å². The van der Waals surface area contributed by atoms with E-state index in [0.29, 0.717) is 20.6 Å². The number of carbonyl (C=O) groups excluding carboxylic acids is 2. The number of hydrogen-bond acceptors (Lipinski definition) is 3. The Morgan fingerprint density at radius 3 is 2.33 bits per heavy atom. The highest BCUT2D eigenvalue weighted by Crippen LogP contribution is 2.34. The van der Waals surface area contributed by atoms with E-state index in [1.54, 1.807) is 24.0 Å². The molecule has 4 nitrogen and oxygen atoms in total. The molecule has 3 atom stereocenters. The van der Waals surface area contributed by atoms with E-state index in [4.69, 9.17) is 39.5 Å². The van der Waals surface area contributed by atoms with Crippen LogP contribution in [0.3, 0.4) is 0 Å². The van der Waals surface area contributed by atoms with Crippen LogP contribution in [0.15, 0.2) is 12.1 Å². The number of benzene rings is 1. The lowest BCUT2D eigenvalue weighted by molar-refractivity contribution is -0.155. The van der Waals surface area contributed by atoms with Crippen LogP contribution >= 0.6 is 34.8 Å². The molecule has 2 rings (SSSR count). The highest BCUT2D eigenvalue weighted by molar-refractivity contribution is 6.39. The third kappa shape index (κ3) is 3.98. The fraction of sp³-hybridized carbons (Fsp3) is 0.529. The molecule has 0 aromatic heterocycles. The first-order chi connectivity index (χ1) is 11.3. The molecule has 1 aliphatic heterocycles. The van der Waals surface area contributed by atoms with Gasteiger partial charge in [0.15, 0.2) is 0 Å². The quantitative estimate of drug-likeness (QED) is 0.714. The molecule has 1 amide bonds. The number of esters is 1. The first-order valence-corrected chi connectivity index (χ1v) is 9.00. The number of hydrogen-bond donors (Lipinski definition) is 0. The molecular weight excluding hydrogens is 373 g/mol. The van der Waals surface area contributed by atoms with Gasteiger partial charge in [0, 0.05) is 21.1 Å². The standard InChI is InChI=1S/C17H20Cl3NO3/c1-4-24-17(23)16-9(2)5-10(3)21(16)15(22)8-12-13(19)6-11(18)7-14(12)20/h6-7,9-10,16H,4-5,8H2,1-3H3. The summed E-state index contributed by atoms with van der Waals surface area (Å²) in [6.45, 7) is 5.92. The van der Waals surface area contributed by atoms with Gasteiger partial charge >= 0.3 is 5.97 Å². The second-order valence-corrected chi connectivity index (χ2v) is 7.34. The zero-order chi connectivity index (χ0) is 18.0. The molecule has 0 N–H and O–H groups in total. The Bertz CT molecular complexity index is 627. The molecule has 1 aromatic rings. The van der Waals surface area contributed by atoms with E-state index in [2.05, 4.69) is 0 Å². The molecule has 1 aliphatic rings. The number of amides is 1. The maximum atomic E-state index is 12.8. The van der Waals surface area contributed by atoms with Gasteiger partial charge in [0.1, 0.15) is 6.04 Å². The number of ether oxygens (including phenoxy) is 1. The Morgan fingerprint density at radius 1 is 1.21 bits per heavy atom. The van der Waals surface area contributed by atoms with Crippen molar-refractivity contribution in [3.8, 4) is 0 Å². The van der Waals surface area contributed by atoms with E-state index in [1.807, 2.05) is 13.8 Å². The van der Waals surface area contributed by atoms with Crippen molar-refractivity contribution in [2.45, 2.75) is 45.7 Å². The van der Waals surface area contributed by atoms with Gasteiger partial charge in [0.25, 0.3) is 0 Å². The van der Waals surface area contributed by atoms with Gasteiger partial charge in [-0.25, -0.2) is 4.79 Å². The predicted molar refractivity (Wildman–Crippen MR) is 95.7 cm³/mol. The number of halogens is 3. The van der Waals surface area contributed by atoms with E-state index in [1.165, 1.54) is 0 Å². The molecule has 7 heteroatoms. The minimum absolute atomic E-state index is 0.0157.